The summed E-state index contributed by atoms with van der Waals surface area (Å²) < 4.78 is 13.7. The molecule has 2 rings (SSSR count). The van der Waals surface area contributed by atoms with Crippen LogP contribution in [-0.4, -0.2) is 49.6 Å². The zero-order valence-corrected chi connectivity index (χ0v) is 11.0. The van der Waals surface area contributed by atoms with Gasteiger partial charge in [-0.3, -0.25) is 0 Å². The number of piperazine rings is 1. The van der Waals surface area contributed by atoms with E-state index in [0.29, 0.717) is 0 Å². The third kappa shape index (κ3) is 3.43. The van der Waals surface area contributed by atoms with Crippen molar-refractivity contribution in [2.24, 2.45) is 0 Å². The topological polar surface area (TPSA) is 32.5 Å². The summed E-state index contributed by atoms with van der Waals surface area (Å²) in [5, 5.41) is 0. The maximum Gasteiger partial charge on any atom is 0.149 e. The standard InChI is InChI=1S/C14H22FN3/c1-17-8-10-18(11-9-17)7-3-5-12-4-2-6-13(16)14(12)15/h2,4,6H,3,5,7-11,16H2,1H3. The van der Waals surface area contributed by atoms with Gasteiger partial charge in [0.15, 0.2) is 0 Å². The second-order valence-corrected chi connectivity index (χ2v) is 5.07. The van der Waals surface area contributed by atoms with Crippen molar-refractivity contribution in [3.05, 3.63) is 29.6 Å². The highest BCUT2D eigenvalue weighted by atomic mass is 19.1. The van der Waals surface area contributed by atoms with E-state index in [9.17, 15) is 4.39 Å². The first kappa shape index (κ1) is 13.3. The normalized spacial score (nSPS) is 18.1. The number of likely N-dealkylation sites (N-methyl/N-ethyl adjacent to an activating group) is 1. The van der Waals surface area contributed by atoms with E-state index in [-0.39, 0.29) is 11.5 Å². The van der Waals surface area contributed by atoms with Gasteiger partial charge in [-0.05, 0) is 38.1 Å². The summed E-state index contributed by atoms with van der Waals surface area (Å²) in [5.41, 5.74) is 6.56. The molecule has 2 N–H and O–H groups in total. The van der Waals surface area contributed by atoms with Crippen LogP contribution in [0.15, 0.2) is 18.2 Å². The average Bonchev–Trinajstić information content (AvgIpc) is 2.37. The second kappa shape index (κ2) is 6.16. The molecule has 1 aliphatic rings. The predicted molar refractivity (Wildman–Crippen MR) is 73.1 cm³/mol. The van der Waals surface area contributed by atoms with Crippen LogP contribution in [0.4, 0.5) is 10.1 Å². The van der Waals surface area contributed by atoms with Crippen LogP contribution in [0, 0.1) is 5.82 Å². The van der Waals surface area contributed by atoms with E-state index in [2.05, 4.69) is 16.8 Å². The molecule has 1 saturated heterocycles. The van der Waals surface area contributed by atoms with Crippen molar-refractivity contribution in [2.75, 3.05) is 45.5 Å². The predicted octanol–water partition coefficient (Wildman–Crippen LogP) is 1.59. The third-order valence-electron chi connectivity index (χ3n) is 3.62. The second-order valence-electron chi connectivity index (χ2n) is 5.07. The maximum atomic E-state index is 13.7. The van der Waals surface area contributed by atoms with Crippen LogP contribution in [0.25, 0.3) is 0 Å². The Morgan fingerprint density at radius 3 is 2.67 bits per heavy atom. The molecule has 100 valence electrons. The smallest absolute Gasteiger partial charge is 0.149 e. The van der Waals surface area contributed by atoms with Crippen molar-refractivity contribution < 1.29 is 4.39 Å². The molecule has 0 saturated carbocycles. The minimum absolute atomic E-state index is 0.240. The van der Waals surface area contributed by atoms with Crippen LogP contribution >= 0.6 is 0 Å². The van der Waals surface area contributed by atoms with Crippen LogP contribution in [0.3, 0.4) is 0 Å². The van der Waals surface area contributed by atoms with E-state index in [1.54, 1.807) is 6.07 Å². The number of hydrogen-bond donors (Lipinski definition) is 1. The molecule has 4 heteroatoms. The Labute approximate surface area is 108 Å². The van der Waals surface area contributed by atoms with Crippen LogP contribution in [0.1, 0.15) is 12.0 Å². The van der Waals surface area contributed by atoms with Gasteiger partial charge in [0.1, 0.15) is 5.82 Å². The number of anilines is 1. The van der Waals surface area contributed by atoms with Gasteiger partial charge in [0.2, 0.25) is 0 Å². The number of nitrogens with zero attached hydrogens (tertiary/aromatic N) is 2. The number of nitrogen functional groups attached to an aromatic ring is 1. The van der Waals surface area contributed by atoms with Crippen molar-refractivity contribution in [3.63, 3.8) is 0 Å². The summed E-state index contributed by atoms with van der Waals surface area (Å²) in [6.45, 7) is 5.55. The summed E-state index contributed by atoms with van der Waals surface area (Å²) in [4.78, 5) is 4.79. The first-order valence-electron chi connectivity index (χ1n) is 6.60. The summed E-state index contributed by atoms with van der Waals surface area (Å²) in [6.07, 6.45) is 1.76. The third-order valence-corrected chi connectivity index (χ3v) is 3.62. The van der Waals surface area contributed by atoms with Gasteiger partial charge in [0.25, 0.3) is 0 Å². The zero-order chi connectivity index (χ0) is 13.0. The molecule has 1 aromatic carbocycles. The van der Waals surface area contributed by atoms with Gasteiger partial charge in [-0.2, -0.15) is 0 Å². The van der Waals surface area contributed by atoms with Crippen molar-refractivity contribution >= 4 is 5.69 Å². The highest BCUT2D eigenvalue weighted by molar-refractivity contribution is 5.42. The fraction of sp³-hybridized carbons (Fsp3) is 0.571. The Morgan fingerprint density at radius 1 is 1.22 bits per heavy atom. The summed E-state index contributed by atoms with van der Waals surface area (Å²) in [6, 6.07) is 5.26. The Balaban J connectivity index is 1.77. The maximum absolute atomic E-state index is 13.7. The van der Waals surface area contributed by atoms with Gasteiger partial charge in [0, 0.05) is 26.2 Å². The highest BCUT2D eigenvalue weighted by Gasteiger charge is 2.13. The highest BCUT2D eigenvalue weighted by Crippen LogP contribution is 2.16. The Bertz CT molecular complexity index is 387. The van der Waals surface area contributed by atoms with E-state index in [0.717, 1.165) is 51.1 Å². The molecule has 1 aliphatic heterocycles. The van der Waals surface area contributed by atoms with E-state index < -0.39 is 0 Å². The number of hydrogen-bond acceptors (Lipinski definition) is 3. The van der Waals surface area contributed by atoms with Crippen LogP contribution in [0.5, 0.6) is 0 Å². The molecule has 0 aliphatic carbocycles. The molecular weight excluding hydrogens is 229 g/mol. The summed E-state index contributed by atoms with van der Waals surface area (Å²) >= 11 is 0. The summed E-state index contributed by atoms with van der Waals surface area (Å²) in [5.74, 6) is -0.240. The molecule has 1 fully saturated rings. The SMILES string of the molecule is CN1CCN(CCCc2cccc(N)c2F)CC1. The molecular formula is C14H22FN3. The Kier molecular flexibility index (Phi) is 4.55. The number of nitrogens with two attached hydrogens (primary N) is 1. The number of halogens is 1. The van der Waals surface area contributed by atoms with Gasteiger partial charge in [-0.25, -0.2) is 4.39 Å². The van der Waals surface area contributed by atoms with E-state index in [1.165, 1.54) is 0 Å². The van der Waals surface area contributed by atoms with Crippen molar-refractivity contribution in [2.45, 2.75) is 12.8 Å². The van der Waals surface area contributed by atoms with E-state index in [4.69, 9.17) is 5.73 Å². The Morgan fingerprint density at radius 2 is 1.94 bits per heavy atom. The first-order valence-corrected chi connectivity index (χ1v) is 6.60. The van der Waals surface area contributed by atoms with Crippen LogP contribution in [-0.2, 0) is 6.42 Å². The van der Waals surface area contributed by atoms with Crippen molar-refractivity contribution in [1.29, 1.82) is 0 Å². The molecule has 0 bridgehead atoms. The molecule has 0 atom stereocenters. The average molecular weight is 251 g/mol. The largest absolute Gasteiger partial charge is 0.396 e. The lowest BCUT2D eigenvalue weighted by Crippen LogP contribution is -2.44. The molecule has 0 spiro atoms. The first-order chi connectivity index (χ1) is 8.66. The minimum atomic E-state index is -0.240. The number of benzene rings is 1. The molecule has 1 heterocycles. The fourth-order valence-corrected chi connectivity index (χ4v) is 2.36. The van der Waals surface area contributed by atoms with Gasteiger partial charge in [-0.1, -0.05) is 12.1 Å². The number of rotatable bonds is 4. The molecule has 0 unspecified atom stereocenters. The van der Waals surface area contributed by atoms with E-state index >= 15 is 0 Å². The molecule has 0 aromatic heterocycles. The Hall–Kier alpha value is -1.13. The lowest BCUT2D eigenvalue weighted by atomic mass is 10.1. The van der Waals surface area contributed by atoms with Gasteiger partial charge >= 0.3 is 0 Å². The lowest BCUT2D eigenvalue weighted by Gasteiger charge is -2.32. The van der Waals surface area contributed by atoms with Crippen molar-refractivity contribution in [1.82, 2.24) is 9.80 Å². The molecule has 1 aromatic rings. The molecule has 0 radical (unpaired) electrons. The van der Waals surface area contributed by atoms with Crippen molar-refractivity contribution in [3.8, 4) is 0 Å². The monoisotopic (exact) mass is 251 g/mol. The lowest BCUT2D eigenvalue weighted by molar-refractivity contribution is 0.153. The minimum Gasteiger partial charge on any atom is -0.396 e. The molecule has 18 heavy (non-hydrogen) atoms. The fourth-order valence-electron chi connectivity index (χ4n) is 2.36. The van der Waals surface area contributed by atoms with Crippen LogP contribution in [0.2, 0.25) is 0 Å². The molecule has 0 amide bonds. The zero-order valence-electron chi connectivity index (χ0n) is 11.0. The van der Waals surface area contributed by atoms with Gasteiger partial charge in [-0.15, -0.1) is 0 Å². The molecule has 3 nitrogen and oxygen atoms in total. The van der Waals surface area contributed by atoms with Gasteiger partial charge < -0.3 is 15.5 Å². The summed E-state index contributed by atoms with van der Waals surface area (Å²) in [7, 11) is 2.15. The van der Waals surface area contributed by atoms with Gasteiger partial charge in [0.05, 0.1) is 5.69 Å². The quantitative estimate of drug-likeness (QED) is 0.825. The van der Waals surface area contributed by atoms with E-state index in [1.807, 2.05) is 12.1 Å². The van der Waals surface area contributed by atoms with Crippen LogP contribution < -0.4 is 5.73 Å². The number of aryl methyl sites for hydroxylation is 1.